The fourth-order valence-electron chi connectivity index (χ4n) is 2.44. The zero-order chi connectivity index (χ0) is 14.7. The van der Waals surface area contributed by atoms with E-state index in [1.807, 2.05) is 42.5 Å². The quantitative estimate of drug-likeness (QED) is 0.733. The van der Waals surface area contributed by atoms with E-state index in [0.29, 0.717) is 0 Å². The Hall–Kier alpha value is -2.62. The molecule has 0 saturated heterocycles. The van der Waals surface area contributed by atoms with Crippen molar-refractivity contribution in [3.05, 3.63) is 66.5 Å². The van der Waals surface area contributed by atoms with Gasteiger partial charge in [-0.2, -0.15) is 0 Å². The second kappa shape index (κ2) is 5.79. The van der Waals surface area contributed by atoms with Crippen molar-refractivity contribution in [2.45, 2.75) is 13.0 Å². The van der Waals surface area contributed by atoms with Crippen molar-refractivity contribution in [2.75, 3.05) is 7.11 Å². The lowest BCUT2D eigenvalue weighted by Gasteiger charge is -2.16. The second-order valence-corrected chi connectivity index (χ2v) is 4.85. The average Bonchev–Trinajstić information content (AvgIpc) is 3.04. The Balaban J connectivity index is 2.05. The molecule has 106 valence electrons. The summed E-state index contributed by atoms with van der Waals surface area (Å²) in [6.45, 7) is 2.14. The maximum Gasteiger partial charge on any atom is 0.168 e. The molecular formula is C17H17N3O. The smallest absolute Gasteiger partial charge is 0.168 e. The zero-order valence-electron chi connectivity index (χ0n) is 12.1. The van der Waals surface area contributed by atoms with E-state index in [1.54, 1.807) is 13.4 Å². The van der Waals surface area contributed by atoms with E-state index in [0.717, 1.165) is 17.1 Å². The first-order valence-electron chi connectivity index (χ1n) is 6.89. The molecule has 1 heterocycles. The van der Waals surface area contributed by atoms with Crippen LogP contribution in [0.15, 0.2) is 60.9 Å². The van der Waals surface area contributed by atoms with E-state index in [2.05, 4.69) is 33.8 Å². The van der Waals surface area contributed by atoms with Gasteiger partial charge in [-0.05, 0) is 24.6 Å². The van der Waals surface area contributed by atoms with Crippen molar-refractivity contribution < 1.29 is 4.74 Å². The summed E-state index contributed by atoms with van der Waals surface area (Å²) >= 11 is 0. The summed E-state index contributed by atoms with van der Waals surface area (Å²) in [7, 11) is 1.67. The topological polar surface area (TPSA) is 39.9 Å². The van der Waals surface area contributed by atoms with Crippen LogP contribution in [0.5, 0.6) is 5.75 Å². The summed E-state index contributed by atoms with van der Waals surface area (Å²) in [5, 5.41) is 8.35. The molecule has 0 radical (unpaired) electrons. The number of para-hydroxylation sites is 1. The summed E-state index contributed by atoms with van der Waals surface area (Å²) in [6, 6.07) is 18.3. The lowest BCUT2D eigenvalue weighted by atomic mass is 10.1. The molecule has 3 aromatic rings. The van der Waals surface area contributed by atoms with Gasteiger partial charge in [0.25, 0.3) is 0 Å². The normalized spacial score (nSPS) is 12.1. The molecule has 0 N–H and O–H groups in total. The Morgan fingerprint density at radius 1 is 1.00 bits per heavy atom. The lowest BCUT2D eigenvalue weighted by Crippen LogP contribution is -2.07. The van der Waals surface area contributed by atoms with Crippen LogP contribution in [-0.4, -0.2) is 21.9 Å². The van der Waals surface area contributed by atoms with E-state index >= 15 is 0 Å². The SMILES string of the molecule is COc1ccccc1-c1nncn1[C@H](C)c1ccccc1. The highest BCUT2D eigenvalue weighted by Gasteiger charge is 2.16. The molecule has 3 rings (SSSR count). The van der Waals surface area contributed by atoms with Gasteiger partial charge in [0, 0.05) is 0 Å². The molecule has 0 bridgehead atoms. The standard InChI is InChI=1S/C17H17N3O/c1-13(14-8-4-3-5-9-14)20-12-18-19-17(20)15-10-6-7-11-16(15)21-2/h3-13H,1-2H3/t13-/m1/s1. The first-order valence-corrected chi connectivity index (χ1v) is 6.89. The molecule has 1 aromatic heterocycles. The van der Waals surface area contributed by atoms with Crippen LogP contribution in [0.3, 0.4) is 0 Å². The third kappa shape index (κ3) is 2.52. The van der Waals surface area contributed by atoms with Crippen molar-refractivity contribution in [1.29, 1.82) is 0 Å². The molecule has 4 heteroatoms. The lowest BCUT2D eigenvalue weighted by molar-refractivity contribution is 0.415. The van der Waals surface area contributed by atoms with Gasteiger partial charge in [-0.25, -0.2) is 0 Å². The molecule has 1 atom stereocenters. The molecule has 2 aromatic carbocycles. The minimum absolute atomic E-state index is 0.154. The minimum atomic E-state index is 0.154. The van der Waals surface area contributed by atoms with E-state index < -0.39 is 0 Å². The van der Waals surface area contributed by atoms with Crippen LogP contribution in [0, 0.1) is 0 Å². The van der Waals surface area contributed by atoms with E-state index in [1.165, 1.54) is 5.56 Å². The van der Waals surface area contributed by atoms with E-state index in [9.17, 15) is 0 Å². The van der Waals surface area contributed by atoms with Gasteiger partial charge in [-0.1, -0.05) is 42.5 Å². The Labute approximate surface area is 124 Å². The van der Waals surface area contributed by atoms with Crippen molar-refractivity contribution in [3.8, 4) is 17.1 Å². The number of ether oxygens (including phenoxy) is 1. The van der Waals surface area contributed by atoms with Crippen molar-refractivity contribution in [2.24, 2.45) is 0 Å². The van der Waals surface area contributed by atoms with Crippen molar-refractivity contribution in [1.82, 2.24) is 14.8 Å². The molecule has 4 nitrogen and oxygen atoms in total. The molecule has 0 unspecified atom stereocenters. The molecule has 0 spiro atoms. The average molecular weight is 279 g/mol. The molecule has 21 heavy (non-hydrogen) atoms. The Bertz CT molecular complexity index is 722. The van der Waals surface area contributed by atoms with Gasteiger partial charge < -0.3 is 9.30 Å². The van der Waals surface area contributed by atoms with Crippen molar-refractivity contribution >= 4 is 0 Å². The fourth-order valence-corrected chi connectivity index (χ4v) is 2.44. The highest BCUT2D eigenvalue weighted by atomic mass is 16.5. The van der Waals surface area contributed by atoms with E-state index in [4.69, 9.17) is 4.74 Å². The van der Waals surface area contributed by atoms with Crippen LogP contribution in [0.2, 0.25) is 0 Å². The van der Waals surface area contributed by atoms with Crippen LogP contribution in [-0.2, 0) is 0 Å². The maximum absolute atomic E-state index is 5.43. The predicted octanol–water partition coefficient (Wildman–Crippen LogP) is 3.56. The van der Waals surface area contributed by atoms with Crippen LogP contribution >= 0.6 is 0 Å². The summed E-state index contributed by atoms with van der Waals surface area (Å²) in [5.74, 6) is 1.61. The molecule has 0 fully saturated rings. The number of rotatable bonds is 4. The molecule has 0 amide bonds. The van der Waals surface area contributed by atoms with E-state index in [-0.39, 0.29) is 6.04 Å². The largest absolute Gasteiger partial charge is 0.496 e. The summed E-state index contributed by atoms with van der Waals surface area (Å²) < 4.78 is 7.49. The molecule has 0 saturated carbocycles. The van der Waals surface area contributed by atoms with Gasteiger partial charge in [0.2, 0.25) is 0 Å². The number of hydrogen-bond donors (Lipinski definition) is 0. The first-order chi connectivity index (χ1) is 10.3. The van der Waals surface area contributed by atoms with Gasteiger partial charge in [-0.15, -0.1) is 10.2 Å². The minimum Gasteiger partial charge on any atom is -0.496 e. The Kier molecular flexibility index (Phi) is 3.69. The van der Waals surface area contributed by atoms with Crippen LogP contribution < -0.4 is 4.74 Å². The molecule has 0 aliphatic heterocycles. The van der Waals surface area contributed by atoms with Gasteiger partial charge in [-0.3, -0.25) is 0 Å². The maximum atomic E-state index is 5.43. The summed E-state index contributed by atoms with van der Waals surface area (Å²) in [6.07, 6.45) is 1.76. The van der Waals surface area contributed by atoms with Gasteiger partial charge in [0.05, 0.1) is 18.7 Å². The third-order valence-electron chi connectivity index (χ3n) is 3.62. The van der Waals surface area contributed by atoms with Crippen LogP contribution in [0.1, 0.15) is 18.5 Å². The molecule has 0 aliphatic rings. The number of aromatic nitrogens is 3. The van der Waals surface area contributed by atoms with Gasteiger partial charge in [0.1, 0.15) is 12.1 Å². The van der Waals surface area contributed by atoms with Gasteiger partial charge in [0.15, 0.2) is 5.82 Å². The molecular weight excluding hydrogens is 262 g/mol. The third-order valence-corrected chi connectivity index (χ3v) is 3.62. The Morgan fingerprint density at radius 3 is 2.48 bits per heavy atom. The summed E-state index contributed by atoms with van der Waals surface area (Å²) in [4.78, 5) is 0. The van der Waals surface area contributed by atoms with Crippen LogP contribution in [0.4, 0.5) is 0 Å². The summed E-state index contributed by atoms with van der Waals surface area (Å²) in [5.41, 5.74) is 2.16. The highest BCUT2D eigenvalue weighted by Crippen LogP contribution is 2.30. The number of hydrogen-bond acceptors (Lipinski definition) is 3. The number of nitrogens with zero attached hydrogens (tertiary/aromatic N) is 3. The van der Waals surface area contributed by atoms with Gasteiger partial charge >= 0.3 is 0 Å². The second-order valence-electron chi connectivity index (χ2n) is 4.85. The first kappa shape index (κ1) is 13.4. The monoisotopic (exact) mass is 279 g/mol. The zero-order valence-corrected chi connectivity index (χ0v) is 12.1. The van der Waals surface area contributed by atoms with Crippen molar-refractivity contribution in [3.63, 3.8) is 0 Å². The highest BCUT2D eigenvalue weighted by molar-refractivity contribution is 5.64. The molecule has 0 aliphatic carbocycles. The number of benzene rings is 2. The van der Waals surface area contributed by atoms with Crippen LogP contribution in [0.25, 0.3) is 11.4 Å². The number of methoxy groups -OCH3 is 1. The fraction of sp³-hybridized carbons (Fsp3) is 0.176. The Morgan fingerprint density at radius 2 is 1.71 bits per heavy atom. The predicted molar refractivity (Wildman–Crippen MR) is 82.3 cm³/mol.